The van der Waals surface area contributed by atoms with Crippen LogP contribution in [0.25, 0.3) is 0 Å². The summed E-state index contributed by atoms with van der Waals surface area (Å²) >= 11 is 5.23. The lowest BCUT2D eigenvalue weighted by Crippen LogP contribution is -2.39. The van der Waals surface area contributed by atoms with Crippen LogP contribution in [0.3, 0.4) is 0 Å². The molecule has 1 aliphatic rings. The molecule has 0 saturated carbocycles. The molecule has 0 spiro atoms. The van der Waals surface area contributed by atoms with E-state index in [1.165, 1.54) is 0 Å². The smallest absolute Gasteiger partial charge is 0.226 e. The molecule has 2 N–H and O–H groups in total. The number of thioether (sulfide) groups is 1. The number of anilines is 1. The van der Waals surface area contributed by atoms with Crippen LogP contribution in [0, 0.1) is 6.92 Å². The van der Waals surface area contributed by atoms with Crippen molar-refractivity contribution in [1.29, 1.82) is 0 Å². The van der Waals surface area contributed by atoms with Gasteiger partial charge in [0.15, 0.2) is 0 Å². The van der Waals surface area contributed by atoms with Gasteiger partial charge >= 0.3 is 0 Å². The van der Waals surface area contributed by atoms with Crippen LogP contribution in [-0.4, -0.2) is 35.0 Å². The molecule has 18 heavy (non-hydrogen) atoms. The molecule has 1 atom stereocenters. The fourth-order valence-corrected chi connectivity index (χ4v) is 2.98. The van der Waals surface area contributed by atoms with E-state index < -0.39 is 0 Å². The van der Waals surface area contributed by atoms with E-state index in [2.05, 4.69) is 31.5 Å². The molecule has 2 rings (SSSR count). The van der Waals surface area contributed by atoms with Gasteiger partial charge in [-0.2, -0.15) is 11.8 Å². The number of nitrogens with zero attached hydrogens (tertiary/aromatic N) is 1. The zero-order valence-electron chi connectivity index (χ0n) is 10.2. The number of rotatable bonds is 3. The lowest BCUT2D eigenvalue weighted by atomic mass is 10.2. The Labute approximate surface area is 119 Å². The minimum Gasteiger partial charge on any atom is -0.325 e. The van der Waals surface area contributed by atoms with Crippen LogP contribution in [0.5, 0.6) is 0 Å². The van der Waals surface area contributed by atoms with E-state index in [9.17, 15) is 4.79 Å². The lowest BCUT2D eigenvalue weighted by Gasteiger charge is -2.22. The van der Waals surface area contributed by atoms with Crippen LogP contribution >= 0.6 is 27.7 Å². The van der Waals surface area contributed by atoms with Crippen molar-refractivity contribution >= 4 is 39.3 Å². The highest BCUT2D eigenvalue weighted by Crippen LogP contribution is 2.17. The van der Waals surface area contributed by atoms with E-state index in [1.54, 1.807) is 6.20 Å². The maximum Gasteiger partial charge on any atom is 0.226 e. The third kappa shape index (κ3) is 3.96. The number of hydrogen-bond acceptors (Lipinski definition) is 4. The molecular weight excluding hydrogens is 314 g/mol. The Hall–Kier alpha value is -0.590. The normalized spacial score (nSPS) is 19.6. The summed E-state index contributed by atoms with van der Waals surface area (Å²) in [5.41, 5.74) is 1.77. The van der Waals surface area contributed by atoms with Gasteiger partial charge in [0.05, 0.1) is 11.9 Å². The number of carbonyl (C=O) groups excluding carboxylic acids is 1. The molecule has 0 aliphatic carbocycles. The number of amides is 1. The van der Waals surface area contributed by atoms with Gasteiger partial charge in [0.2, 0.25) is 5.91 Å². The Bertz CT molecular complexity index is 435. The predicted octanol–water partition coefficient (Wildman–Crippen LogP) is 2.19. The van der Waals surface area contributed by atoms with Gasteiger partial charge in [0.1, 0.15) is 4.60 Å². The first-order chi connectivity index (χ1) is 8.65. The van der Waals surface area contributed by atoms with Crippen molar-refractivity contribution in [2.75, 3.05) is 23.4 Å². The summed E-state index contributed by atoms with van der Waals surface area (Å²) in [7, 11) is 0. The number of halogens is 1. The number of nitrogens with one attached hydrogen (secondary N) is 2. The van der Waals surface area contributed by atoms with Crippen molar-refractivity contribution in [2.24, 2.45) is 0 Å². The molecule has 4 nitrogen and oxygen atoms in total. The summed E-state index contributed by atoms with van der Waals surface area (Å²) in [5.74, 6) is 2.18. The topological polar surface area (TPSA) is 54.0 Å². The van der Waals surface area contributed by atoms with E-state index in [4.69, 9.17) is 0 Å². The largest absolute Gasteiger partial charge is 0.325 e. The molecule has 1 unspecified atom stereocenters. The second-order valence-corrected chi connectivity index (χ2v) is 6.21. The third-order valence-electron chi connectivity index (χ3n) is 2.73. The molecule has 6 heteroatoms. The minimum absolute atomic E-state index is 0.0403. The standard InChI is InChI=1S/C12H16BrN3OS/c1-8-4-9(6-15-12(8)13)16-11(17)5-10-7-18-3-2-14-10/h4,6,10,14H,2-3,5,7H2,1H3,(H,16,17). The summed E-state index contributed by atoms with van der Waals surface area (Å²) in [5, 5.41) is 6.24. The summed E-state index contributed by atoms with van der Waals surface area (Å²) in [6, 6.07) is 2.20. The number of aromatic nitrogens is 1. The Morgan fingerprint density at radius 2 is 2.56 bits per heavy atom. The molecular formula is C12H16BrN3OS. The molecule has 1 saturated heterocycles. The highest BCUT2D eigenvalue weighted by molar-refractivity contribution is 9.10. The summed E-state index contributed by atoms with van der Waals surface area (Å²) < 4.78 is 0.811. The van der Waals surface area contributed by atoms with Crippen molar-refractivity contribution in [3.63, 3.8) is 0 Å². The van der Waals surface area contributed by atoms with Gasteiger partial charge in [-0.1, -0.05) is 0 Å². The Morgan fingerprint density at radius 3 is 3.22 bits per heavy atom. The van der Waals surface area contributed by atoms with Gasteiger partial charge < -0.3 is 10.6 Å². The molecule has 1 aromatic rings. The third-order valence-corrected chi connectivity index (χ3v) is 4.69. The van der Waals surface area contributed by atoms with Gasteiger partial charge in [0, 0.05) is 30.5 Å². The Morgan fingerprint density at radius 1 is 1.72 bits per heavy atom. The van der Waals surface area contributed by atoms with E-state index in [0.29, 0.717) is 6.42 Å². The fraction of sp³-hybridized carbons (Fsp3) is 0.500. The van der Waals surface area contributed by atoms with Crippen molar-refractivity contribution in [2.45, 2.75) is 19.4 Å². The van der Waals surface area contributed by atoms with Crippen LogP contribution < -0.4 is 10.6 Å². The molecule has 0 radical (unpaired) electrons. The van der Waals surface area contributed by atoms with Crippen LogP contribution in [0.4, 0.5) is 5.69 Å². The average Bonchev–Trinajstić information content (AvgIpc) is 2.35. The highest BCUT2D eigenvalue weighted by Gasteiger charge is 2.16. The maximum atomic E-state index is 11.9. The number of pyridine rings is 1. The number of aryl methyl sites for hydroxylation is 1. The quantitative estimate of drug-likeness (QED) is 0.834. The fourth-order valence-electron chi connectivity index (χ4n) is 1.81. The average molecular weight is 330 g/mol. The Kier molecular flexibility index (Phi) is 5.03. The predicted molar refractivity (Wildman–Crippen MR) is 79.0 cm³/mol. The molecule has 0 aromatic carbocycles. The molecule has 2 heterocycles. The van der Waals surface area contributed by atoms with Gasteiger partial charge in [-0.3, -0.25) is 4.79 Å². The second-order valence-electron chi connectivity index (χ2n) is 4.31. The van der Waals surface area contributed by atoms with E-state index in [-0.39, 0.29) is 11.9 Å². The van der Waals surface area contributed by atoms with Gasteiger partial charge in [-0.15, -0.1) is 0 Å². The van der Waals surface area contributed by atoms with Crippen molar-refractivity contribution in [1.82, 2.24) is 10.3 Å². The highest BCUT2D eigenvalue weighted by atomic mass is 79.9. The van der Waals surface area contributed by atoms with E-state index in [0.717, 1.165) is 33.9 Å². The maximum absolute atomic E-state index is 11.9. The monoisotopic (exact) mass is 329 g/mol. The van der Waals surface area contributed by atoms with Crippen molar-refractivity contribution in [3.05, 3.63) is 22.4 Å². The van der Waals surface area contributed by atoms with Crippen LogP contribution in [0.1, 0.15) is 12.0 Å². The molecule has 1 aromatic heterocycles. The molecule has 0 bridgehead atoms. The zero-order valence-corrected chi connectivity index (χ0v) is 12.6. The summed E-state index contributed by atoms with van der Waals surface area (Å²) in [4.78, 5) is 16.0. The molecule has 98 valence electrons. The zero-order chi connectivity index (χ0) is 13.0. The number of carbonyl (C=O) groups is 1. The SMILES string of the molecule is Cc1cc(NC(=O)CC2CSCCN2)cnc1Br. The summed E-state index contributed by atoms with van der Waals surface area (Å²) in [6.07, 6.45) is 2.18. The van der Waals surface area contributed by atoms with Crippen LogP contribution in [0.2, 0.25) is 0 Å². The number of hydrogen-bond donors (Lipinski definition) is 2. The lowest BCUT2D eigenvalue weighted by molar-refractivity contribution is -0.116. The first-order valence-corrected chi connectivity index (χ1v) is 7.83. The Balaban J connectivity index is 1.88. The van der Waals surface area contributed by atoms with E-state index in [1.807, 2.05) is 24.8 Å². The van der Waals surface area contributed by atoms with Crippen LogP contribution in [-0.2, 0) is 4.79 Å². The van der Waals surface area contributed by atoms with Crippen LogP contribution in [0.15, 0.2) is 16.9 Å². The summed E-state index contributed by atoms with van der Waals surface area (Å²) in [6.45, 7) is 2.94. The molecule has 1 aliphatic heterocycles. The van der Waals surface area contributed by atoms with Gasteiger partial charge in [-0.05, 0) is 34.5 Å². The molecule has 1 fully saturated rings. The van der Waals surface area contributed by atoms with Gasteiger partial charge in [0.25, 0.3) is 0 Å². The van der Waals surface area contributed by atoms with Gasteiger partial charge in [-0.25, -0.2) is 4.98 Å². The first-order valence-electron chi connectivity index (χ1n) is 5.88. The minimum atomic E-state index is 0.0403. The first kappa shape index (κ1) is 13.8. The van der Waals surface area contributed by atoms with Crippen molar-refractivity contribution < 1.29 is 4.79 Å². The van der Waals surface area contributed by atoms with Crippen molar-refractivity contribution in [3.8, 4) is 0 Å². The van der Waals surface area contributed by atoms with E-state index >= 15 is 0 Å². The second kappa shape index (κ2) is 6.54. The molecule has 1 amide bonds.